The Bertz CT molecular complexity index is 855. The minimum atomic E-state index is -0.271. The molecule has 2 aromatic rings. The molecule has 0 unspecified atom stereocenters. The van der Waals surface area contributed by atoms with Crippen molar-refractivity contribution in [3.63, 3.8) is 0 Å². The molecule has 0 fully saturated rings. The minimum absolute atomic E-state index is 0.0660. The number of hydrogen-bond acceptors (Lipinski definition) is 6. The first-order chi connectivity index (χ1) is 13.0. The van der Waals surface area contributed by atoms with Crippen molar-refractivity contribution >= 4 is 17.5 Å². The maximum Gasteiger partial charge on any atom is 0.262 e. The molecule has 1 aliphatic heterocycles. The lowest BCUT2D eigenvalue weighted by Crippen LogP contribution is -2.26. The zero-order valence-corrected chi connectivity index (χ0v) is 15.3. The molecule has 27 heavy (non-hydrogen) atoms. The Labute approximate surface area is 156 Å². The number of fused-ring (bicyclic) bond motifs is 1. The van der Waals surface area contributed by atoms with Crippen molar-refractivity contribution in [2.45, 2.75) is 6.54 Å². The van der Waals surface area contributed by atoms with Crippen molar-refractivity contribution in [1.82, 2.24) is 5.32 Å². The first-order valence-corrected chi connectivity index (χ1v) is 8.19. The van der Waals surface area contributed by atoms with Crippen molar-refractivity contribution < 1.29 is 28.5 Å². The molecule has 8 nitrogen and oxygen atoms in total. The molecule has 1 aliphatic rings. The second-order valence-electron chi connectivity index (χ2n) is 5.76. The van der Waals surface area contributed by atoms with Gasteiger partial charge >= 0.3 is 0 Å². The standard InChI is InChI=1S/C19H20N2O6/c1-24-15-6-11(7-16(25-2)18(15)26-3)9-20-19(23)12-4-5-13-14(8-12)27-10-17(22)21-13/h4-8H,9-10H2,1-3H3,(H,20,23)(H,21,22). The predicted octanol–water partition coefficient (Wildman–Crippen LogP) is 1.97. The van der Waals surface area contributed by atoms with Crippen LogP contribution in [0, 0.1) is 0 Å². The van der Waals surface area contributed by atoms with E-state index in [1.807, 2.05) is 0 Å². The van der Waals surface area contributed by atoms with Crippen molar-refractivity contribution in [3.8, 4) is 23.0 Å². The third kappa shape index (κ3) is 3.89. The largest absolute Gasteiger partial charge is 0.493 e. The summed E-state index contributed by atoms with van der Waals surface area (Å²) in [5.41, 5.74) is 1.77. The second kappa shape index (κ2) is 7.86. The van der Waals surface area contributed by atoms with Crippen LogP contribution in [-0.2, 0) is 11.3 Å². The zero-order valence-electron chi connectivity index (χ0n) is 15.3. The van der Waals surface area contributed by atoms with E-state index in [1.54, 1.807) is 30.3 Å². The zero-order chi connectivity index (χ0) is 19.4. The molecule has 0 saturated heterocycles. The smallest absolute Gasteiger partial charge is 0.262 e. The maximum absolute atomic E-state index is 12.5. The van der Waals surface area contributed by atoms with Crippen LogP contribution in [-0.4, -0.2) is 39.8 Å². The third-order valence-corrected chi connectivity index (χ3v) is 4.05. The van der Waals surface area contributed by atoms with Gasteiger partial charge < -0.3 is 29.6 Å². The van der Waals surface area contributed by atoms with Gasteiger partial charge in [0.2, 0.25) is 5.75 Å². The molecule has 0 radical (unpaired) electrons. The van der Waals surface area contributed by atoms with E-state index in [1.165, 1.54) is 21.3 Å². The fourth-order valence-electron chi connectivity index (χ4n) is 2.74. The molecular weight excluding hydrogens is 352 g/mol. The average molecular weight is 372 g/mol. The normalized spacial score (nSPS) is 12.3. The summed E-state index contributed by atoms with van der Waals surface area (Å²) >= 11 is 0. The Kier molecular flexibility index (Phi) is 5.35. The molecule has 1 heterocycles. The highest BCUT2D eigenvalue weighted by Crippen LogP contribution is 2.38. The first-order valence-electron chi connectivity index (χ1n) is 8.19. The molecule has 8 heteroatoms. The van der Waals surface area contributed by atoms with Crippen LogP contribution in [0.2, 0.25) is 0 Å². The number of amides is 2. The molecule has 0 atom stereocenters. The van der Waals surface area contributed by atoms with E-state index in [0.717, 1.165) is 5.56 Å². The lowest BCUT2D eigenvalue weighted by molar-refractivity contribution is -0.118. The van der Waals surface area contributed by atoms with Gasteiger partial charge in [-0.2, -0.15) is 0 Å². The van der Waals surface area contributed by atoms with E-state index in [4.69, 9.17) is 18.9 Å². The van der Waals surface area contributed by atoms with Gasteiger partial charge in [-0.15, -0.1) is 0 Å². The molecular formula is C19H20N2O6. The van der Waals surface area contributed by atoms with Crippen LogP contribution in [0.15, 0.2) is 30.3 Å². The van der Waals surface area contributed by atoms with Crippen LogP contribution < -0.4 is 29.6 Å². The van der Waals surface area contributed by atoms with Crippen LogP contribution in [0.1, 0.15) is 15.9 Å². The van der Waals surface area contributed by atoms with Gasteiger partial charge in [-0.05, 0) is 35.9 Å². The minimum Gasteiger partial charge on any atom is -0.493 e. The van der Waals surface area contributed by atoms with Crippen LogP contribution in [0.25, 0.3) is 0 Å². The van der Waals surface area contributed by atoms with Crippen LogP contribution in [0.4, 0.5) is 5.69 Å². The summed E-state index contributed by atoms with van der Waals surface area (Å²) in [7, 11) is 4.60. The summed E-state index contributed by atoms with van der Waals surface area (Å²) in [6, 6.07) is 8.40. The second-order valence-corrected chi connectivity index (χ2v) is 5.76. The van der Waals surface area contributed by atoms with Gasteiger partial charge in [0.15, 0.2) is 18.1 Å². The topological polar surface area (TPSA) is 95.1 Å². The van der Waals surface area contributed by atoms with Crippen molar-refractivity contribution in [3.05, 3.63) is 41.5 Å². The Hall–Kier alpha value is -3.42. The number of benzene rings is 2. The van der Waals surface area contributed by atoms with Crippen molar-refractivity contribution in [1.29, 1.82) is 0 Å². The highest BCUT2D eigenvalue weighted by Gasteiger charge is 2.18. The molecule has 142 valence electrons. The van der Waals surface area contributed by atoms with Gasteiger partial charge in [-0.3, -0.25) is 9.59 Å². The molecule has 0 aliphatic carbocycles. The average Bonchev–Trinajstić information content (AvgIpc) is 2.70. The van der Waals surface area contributed by atoms with E-state index in [-0.39, 0.29) is 25.0 Å². The lowest BCUT2D eigenvalue weighted by Gasteiger charge is -2.18. The molecule has 0 bridgehead atoms. The van der Waals surface area contributed by atoms with Gasteiger partial charge in [0.25, 0.3) is 11.8 Å². The highest BCUT2D eigenvalue weighted by molar-refractivity contribution is 5.98. The molecule has 0 spiro atoms. The van der Waals surface area contributed by atoms with E-state index < -0.39 is 0 Å². The highest BCUT2D eigenvalue weighted by atomic mass is 16.5. The van der Waals surface area contributed by atoms with Gasteiger partial charge in [0.05, 0.1) is 27.0 Å². The number of nitrogens with one attached hydrogen (secondary N) is 2. The molecule has 2 N–H and O–H groups in total. The van der Waals surface area contributed by atoms with Crippen molar-refractivity contribution in [2.24, 2.45) is 0 Å². The molecule has 2 amide bonds. The van der Waals surface area contributed by atoms with Crippen LogP contribution >= 0.6 is 0 Å². The summed E-state index contributed by atoms with van der Waals surface area (Å²) in [5.74, 6) is 1.49. The predicted molar refractivity (Wildman–Crippen MR) is 97.8 cm³/mol. The molecule has 0 aromatic heterocycles. The van der Waals surface area contributed by atoms with Crippen molar-refractivity contribution in [2.75, 3.05) is 33.3 Å². The van der Waals surface area contributed by atoms with E-state index in [0.29, 0.717) is 34.2 Å². The number of ether oxygens (including phenoxy) is 4. The van der Waals surface area contributed by atoms with E-state index in [2.05, 4.69) is 10.6 Å². The third-order valence-electron chi connectivity index (χ3n) is 4.05. The molecule has 0 saturated carbocycles. The summed E-state index contributed by atoms with van der Waals surface area (Å²) in [6.45, 7) is 0.202. The Morgan fingerprint density at radius 2 is 1.81 bits per heavy atom. The Morgan fingerprint density at radius 3 is 2.44 bits per heavy atom. The van der Waals surface area contributed by atoms with Crippen LogP contribution in [0.3, 0.4) is 0 Å². The monoisotopic (exact) mass is 372 g/mol. The summed E-state index contributed by atoms with van der Waals surface area (Å²) in [4.78, 5) is 23.8. The SMILES string of the molecule is COc1cc(CNC(=O)c2ccc3c(c2)OCC(=O)N3)cc(OC)c1OC. The number of rotatable bonds is 6. The quantitative estimate of drug-likeness (QED) is 0.805. The number of methoxy groups -OCH3 is 3. The Balaban J connectivity index is 1.73. The summed E-state index contributed by atoms with van der Waals surface area (Å²) in [5, 5.41) is 5.52. The van der Waals surface area contributed by atoms with Crippen LogP contribution in [0.5, 0.6) is 23.0 Å². The fourth-order valence-corrected chi connectivity index (χ4v) is 2.74. The lowest BCUT2D eigenvalue weighted by atomic mass is 10.1. The number of anilines is 1. The maximum atomic E-state index is 12.5. The number of carbonyl (C=O) groups excluding carboxylic acids is 2. The molecule has 3 rings (SSSR count). The number of carbonyl (C=O) groups is 2. The van der Waals surface area contributed by atoms with Gasteiger partial charge in [0.1, 0.15) is 5.75 Å². The number of hydrogen-bond donors (Lipinski definition) is 2. The summed E-state index contributed by atoms with van der Waals surface area (Å²) < 4.78 is 21.2. The fraction of sp³-hybridized carbons (Fsp3) is 0.263. The van der Waals surface area contributed by atoms with Gasteiger partial charge in [-0.25, -0.2) is 0 Å². The molecule has 2 aromatic carbocycles. The van der Waals surface area contributed by atoms with Gasteiger partial charge in [-0.1, -0.05) is 0 Å². The summed E-state index contributed by atoms with van der Waals surface area (Å²) in [6.07, 6.45) is 0. The Morgan fingerprint density at radius 1 is 1.11 bits per heavy atom. The van der Waals surface area contributed by atoms with Gasteiger partial charge in [0, 0.05) is 12.1 Å². The van der Waals surface area contributed by atoms with E-state index in [9.17, 15) is 9.59 Å². The first kappa shape index (κ1) is 18.4. The van der Waals surface area contributed by atoms with E-state index >= 15 is 0 Å².